The second-order valence-electron chi connectivity index (χ2n) is 5.01. The van der Waals surface area contributed by atoms with E-state index in [1.807, 2.05) is 6.92 Å². The topological polar surface area (TPSA) is 87.6 Å². The van der Waals surface area contributed by atoms with E-state index in [-0.39, 0.29) is 24.2 Å². The molecule has 2 heterocycles. The van der Waals surface area contributed by atoms with E-state index < -0.39 is 5.97 Å². The SMILES string of the molecule is CC(CCC(=O)O)CCN1C(=O)c2ccncc2C1=O. The molecule has 1 unspecified atom stereocenters. The maximum atomic E-state index is 12.1. The van der Waals surface area contributed by atoms with Crippen molar-refractivity contribution in [3.63, 3.8) is 0 Å². The summed E-state index contributed by atoms with van der Waals surface area (Å²) in [5, 5.41) is 8.62. The first-order valence-corrected chi connectivity index (χ1v) is 6.52. The number of pyridine rings is 1. The molecule has 0 spiro atoms. The van der Waals surface area contributed by atoms with Gasteiger partial charge in [-0.05, 0) is 24.8 Å². The average Bonchev–Trinajstić information content (AvgIpc) is 2.67. The third-order valence-electron chi connectivity index (χ3n) is 3.47. The normalized spacial score (nSPS) is 15.3. The molecule has 20 heavy (non-hydrogen) atoms. The lowest BCUT2D eigenvalue weighted by Gasteiger charge is -2.16. The molecule has 0 bridgehead atoms. The smallest absolute Gasteiger partial charge is 0.303 e. The Morgan fingerprint density at radius 2 is 2.00 bits per heavy atom. The van der Waals surface area contributed by atoms with Crippen molar-refractivity contribution in [3.8, 4) is 0 Å². The van der Waals surface area contributed by atoms with Gasteiger partial charge >= 0.3 is 5.97 Å². The second-order valence-corrected chi connectivity index (χ2v) is 5.01. The third kappa shape index (κ3) is 2.84. The summed E-state index contributed by atoms with van der Waals surface area (Å²) in [4.78, 5) is 39.7. The number of rotatable bonds is 6. The van der Waals surface area contributed by atoms with E-state index in [0.29, 0.717) is 30.5 Å². The van der Waals surface area contributed by atoms with Crippen molar-refractivity contribution in [2.45, 2.75) is 26.2 Å². The largest absolute Gasteiger partial charge is 0.481 e. The molecule has 1 aliphatic heterocycles. The maximum absolute atomic E-state index is 12.1. The summed E-state index contributed by atoms with van der Waals surface area (Å²) in [6, 6.07) is 1.55. The van der Waals surface area contributed by atoms with E-state index in [0.717, 1.165) is 0 Å². The zero-order chi connectivity index (χ0) is 14.7. The fourth-order valence-corrected chi connectivity index (χ4v) is 2.20. The van der Waals surface area contributed by atoms with Crippen molar-refractivity contribution < 1.29 is 19.5 Å². The maximum Gasteiger partial charge on any atom is 0.303 e. The van der Waals surface area contributed by atoms with Crippen LogP contribution in [0.2, 0.25) is 0 Å². The van der Waals surface area contributed by atoms with Crippen LogP contribution >= 0.6 is 0 Å². The van der Waals surface area contributed by atoms with Crippen molar-refractivity contribution in [2.24, 2.45) is 5.92 Å². The summed E-state index contributed by atoms with van der Waals surface area (Å²) in [7, 11) is 0. The number of amides is 2. The molecule has 6 nitrogen and oxygen atoms in total. The highest BCUT2D eigenvalue weighted by Gasteiger charge is 2.35. The van der Waals surface area contributed by atoms with Crippen LogP contribution in [0.15, 0.2) is 18.5 Å². The van der Waals surface area contributed by atoms with E-state index in [4.69, 9.17) is 5.11 Å². The van der Waals surface area contributed by atoms with Crippen molar-refractivity contribution in [1.29, 1.82) is 0 Å². The third-order valence-corrected chi connectivity index (χ3v) is 3.47. The number of fused-ring (bicyclic) bond motifs is 1. The van der Waals surface area contributed by atoms with Crippen LogP contribution in [0.4, 0.5) is 0 Å². The first-order valence-electron chi connectivity index (χ1n) is 6.52. The summed E-state index contributed by atoms with van der Waals surface area (Å²) < 4.78 is 0. The molecule has 106 valence electrons. The molecule has 0 saturated heterocycles. The molecule has 2 amide bonds. The Morgan fingerprint density at radius 1 is 1.30 bits per heavy atom. The summed E-state index contributed by atoms with van der Waals surface area (Å²) in [6.07, 6.45) is 4.14. The van der Waals surface area contributed by atoms with Crippen molar-refractivity contribution >= 4 is 17.8 Å². The van der Waals surface area contributed by atoms with Crippen molar-refractivity contribution in [3.05, 3.63) is 29.6 Å². The highest BCUT2D eigenvalue weighted by atomic mass is 16.4. The van der Waals surface area contributed by atoms with Crippen molar-refractivity contribution in [1.82, 2.24) is 9.88 Å². The van der Waals surface area contributed by atoms with Crippen LogP contribution in [0.25, 0.3) is 0 Å². The molecule has 2 rings (SSSR count). The quantitative estimate of drug-likeness (QED) is 0.797. The molecule has 6 heteroatoms. The Morgan fingerprint density at radius 3 is 2.65 bits per heavy atom. The minimum absolute atomic E-state index is 0.104. The standard InChI is InChI=1S/C14H16N2O4/c1-9(2-3-12(17)18)5-7-16-13(19)10-4-6-15-8-11(10)14(16)20/h4,6,8-9H,2-3,5,7H2,1H3,(H,17,18). The Bertz CT molecular complexity index is 521. The van der Waals surface area contributed by atoms with Gasteiger partial charge in [-0.1, -0.05) is 6.92 Å². The van der Waals surface area contributed by atoms with Gasteiger partial charge in [0.2, 0.25) is 0 Å². The van der Waals surface area contributed by atoms with Gasteiger partial charge in [0.25, 0.3) is 11.8 Å². The number of imide groups is 1. The van der Waals surface area contributed by atoms with Gasteiger partial charge in [0, 0.05) is 25.4 Å². The number of carbonyl (C=O) groups excluding carboxylic acids is 2. The molecule has 0 aromatic carbocycles. The number of hydrogen-bond donors (Lipinski definition) is 1. The first kappa shape index (κ1) is 14.2. The number of carboxylic acids is 1. The molecule has 0 radical (unpaired) electrons. The zero-order valence-corrected chi connectivity index (χ0v) is 11.2. The summed E-state index contributed by atoms with van der Waals surface area (Å²) in [5.41, 5.74) is 0.735. The Kier molecular flexibility index (Phi) is 4.12. The molecule has 0 aliphatic carbocycles. The van der Waals surface area contributed by atoms with Gasteiger partial charge in [-0.25, -0.2) is 0 Å². The van der Waals surface area contributed by atoms with E-state index in [1.54, 1.807) is 6.07 Å². The van der Waals surface area contributed by atoms with Crippen LogP contribution in [0, 0.1) is 5.92 Å². The van der Waals surface area contributed by atoms with E-state index in [9.17, 15) is 14.4 Å². The fraction of sp³-hybridized carbons (Fsp3) is 0.429. The average molecular weight is 276 g/mol. The minimum atomic E-state index is -0.830. The highest BCUT2D eigenvalue weighted by molar-refractivity contribution is 6.21. The molecular weight excluding hydrogens is 260 g/mol. The van der Waals surface area contributed by atoms with Crippen LogP contribution in [-0.4, -0.2) is 39.3 Å². The zero-order valence-electron chi connectivity index (χ0n) is 11.2. The number of hydrogen-bond acceptors (Lipinski definition) is 4. The molecule has 1 N–H and O–H groups in total. The van der Waals surface area contributed by atoms with Gasteiger partial charge in [0.1, 0.15) is 0 Å². The van der Waals surface area contributed by atoms with Crippen LogP contribution < -0.4 is 0 Å². The Hall–Kier alpha value is -2.24. The lowest BCUT2D eigenvalue weighted by atomic mass is 10.0. The summed E-state index contributed by atoms with van der Waals surface area (Å²) in [6.45, 7) is 2.23. The van der Waals surface area contributed by atoms with Crippen LogP contribution in [0.1, 0.15) is 46.9 Å². The Labute approximate surface area is 116 Å². The predicted octanol–water partition coefficient (Wildman–Crippen LogP) is 1.57. The molecule has 1 aromatic heterocycles. The van der Waals surface area contributed by atoms with E-state index in [2.05, 4.69) is 4.98 Å². The predicted molar refractivity (Wildman–Crippen MR) is 70.3 cm³/mol. The summed E-state index contributed by atoms with van der Waals surface area (Å²) in [5.74, 6) is -1.29. The van der Waals surface area contributed by atoms with Gasteiger partial charge in [-0.3, -0.25) is 24.3 Å². The number of carboxylic acid groups (broad SMARTS) is 1. The van der Waals surface area contributed by atoms with Gasteiger partial charge in [-0.15, -0.1) is 0 Å². The number of carbonyl (C=O) groups is 3. The number of aliphatic carboxylic acids is 1. The lowest BCUT2D eigenvalue weighted by Crippen LogP contribution is -2.31. The summed E-state index contributed by atoms with van der Waals surface area (Å²) >= 11 is 0. The molecular formula is C14H16N2O4. The fourth-order valence-electron chi connectivity index (χ4n) is 2.20. The minimum Gasteiger partial charge on any atom is -0.481 e. The monoisotopic (exact) mass is 276 g/mol. The molecule has 1 aliphatic rings. The van der Waals surface area contributed by atoms with Crippen LogP contribution in [-0.2, 0) is 4.79 Å². The molecule has 0 fully saturated rings. The van der Waals surface area contributed by atoms with Gasteiger partial charge < -0.3 is 5.11 Å². The Balaban J connectivity index is 1.94. The lowest BCUT2D eigenvalue weighted by molar-refractivity contribution is -0.137. The van der Waals surface area contributed by atoms with E-state index in [1.165, 1.54) is 17.3 Å². The molecule has 0 saturated carbocycles. The van der Waals surface area contributed by atoms with Gasteiger partial charge in [0.15, 0.2) is 0 Å². The second kappa shape index (κ2) is 5.81. The number of aromatic nitrogens is 1. The molecule has 1 atom stereocenters. The molecule has 1 aromatic rings. The van der Waals surface area contributed by atoms with Gasteiger partial charge in [0.05, 0.1) is 11.1 Å². The van der Waals surface area contributed by atoms with Crippen molar-refractivity contribution in [2.75, 3.05) is 6.54 Å². The highest BCUT2D eigenvalue weighted by Crippen LogP contribution is 2.23. The van der Waals surface area contributed by atoms with Gasteiger partial charge in [-0.2, -0.15) is 0 Å². The van der Waals surface area contributed by atoms with E-state index >= 15 is 0 Å². The van der Waals surface area contributed by atoms with Crippen LogP contribution in [0.3, 0.4) is 0 Å². The van der Waals surface area contributed by atoms with Crippen LogP contribution in [0.5, 0.6) is 0 Å². The number of nitrogens with zero attached hydrogens (tertiary/aromatic N) is 2. The first-order chi connectivity index (χ1) is 9.50.